The van der Waals surface area contributed by atoms with Crippen LogP contribution in [0.5, 0.6) is 0 Å². The molecule has 0 aromatic rings. The minimum absolute atomic E-state index is 0.0599. The molecule has 0 spiro atoms. The third-order valence-corrected chi connectivity index (χ3v) is 8.01. The lowest BCUT2D eigenvalue weighted by Crippen LogP contribution is -2.53. The van der Waals surface area contributed by atoms with Gasteiger partial charge in [0.2, 0.25) is 17.7 Å². The number of aliphatic hydroxyl groups excluding tert-OH is 10. The van der Waals surface area contributed by atoms with E-state index < -0.39 is 105 Å². The normalized spacial score (nSPS) is 16.4. The molecular weight excluding hydrogens is 782 g/mol. The SMILES string of the molecule is CCCOCCOCCOCCOCCOCCOCCOCCC(=O)N[C@@H](CCC(=O)NC[C@H](O)[C@@H](O)[C@H](O)[C@H](O)CO)C(=O)NC[C@H](O)[C@@H](O)[C@H](O)[C@H](O)CO. The van der Waals surface area contributed by atoms with Gasteiger partial charge in [0.15, 0.2) is 0 Å². The maximum atomic E-state index is 12.9. The van der Waals surface area contributed by atoms with Gasteiger partial charge in [-0.15, -0.1) is 0 Å². The Balaban J connectivity index is 4.49. The first-order valence-corrected chi connectivity index (χ1v) is 19.3. The van der Waals surface area contributed by atoms with Crippen molar-refractivity contribution in [2.24, 2.45) is 0 Å². The molecule has 58 heavy (non-hydrogen) atoms. The van der Waals surface area contributed by atoms with Crippen LogP contribution in [0.1, 0.15) is 32.6 Å². The summed E-state index contributed by atoms with van der Waals surface area (Å²) in [5, 5.41) is 103. The number of ether oxygens (including phenoxy) is 7. The summed E-state index contributed by atoms with van der Waals surface area (Å²) in [6.07, 6.45) is -14.8. The Labute approximate surface area is 338 Å². The molecule has 0 radical (unpaired) electrons. The molecule has 0 saturated heterocycles. The van der Waals surface area contributed by atoms with Gasteiger partial charge in [0.05, 0.1) is 111 Å². The average molecular weight is 852 g/mol. The minimum atomic E-state index is -1.97. The van der Waals surface area contributed by atoms with Crippen LogP contribution in [0.2, 0.25) is 0 Å². The lowest BCUT2D eigenvalue weighted by atomic mass is 10.0. The summed E-state index contributed by atoms with van der Waals surface area (Å²) in [7, 11) is 0. The highest BCUT2D eigenvalue weighted by Gasteiger charge is 2.32. The fraction of sp³-hybridized carbons (Fsp3) is 0.914. The molecule has 9 atom stereocenters. The van der Waals surface area contributed by atoms with Crippen molar-refractivity contribution in [3.8, 4) is 0 Å². The average Bonchev–Trinajstić information content (AvgIpc) is 3.22. The Bertz CT molecular complexity index is 1020. The fourth-order valence-electron chi connectivity index (χ4n) is 4.54. The van der Waals surface area contributed by atoms with E-state index in [9.17, 15) is 55.2 Å². The lowest BCUT2D eigenvalue weighted by Gasteiger charge is -2.26. The first-order valence-electron chi connectivity index (χ1n) is 19.3. The van der Waals surface area contributed by atoms with Crippen molar-refractivity contribution in [1.82, 2.24) is 16.0 Å². The topological polar surface area (TPSA) is 354 Å². The summed E-state index contributed by atoms with van der Waals surface area (Å²) in [6, 6.07) is -1.37. The third-order valence-electron chi connectivity index (χ3n) is 8.01. The second-order valence-corrected chi connectivity index (χ2v) is 12.8. The van der Waals surface area contributed by atoms with Gasteiger partial charge in [-0.1, -0.05) is 6.92 Å². The summed E-state index contributed by atoms with van der Waals surface area (Å²) < 4.78 is 37.8. The Kier molecular flexibility index (Phi) is 35.1. The van der Waals surface area contributed by atoms with Crippen molar-refractivity contribution in [3.63, 3.8) is 0 Å². The van der Waals surface area contributed by atoms with E-state index in [4.69, 9.17) is 43.4 Å². The predicted octanol–water partition coefficient (Wildman–Crippen LogP) is -6.73. The summed E-state index contributed by atoms with van der Waals surface area (Å²) in [4.78, 5) is 38.0. The predicted molar refractivity (Wildman–Crippen MR) is 200 cm³/mol. The molecule has 0 saturated carbocycles. The quantitative estimate of drug-likeness (QED) is 0.0255. The summed E-state index contributed by atoms with van der Waals surface area (Å²) in [5.41, 5.74) is 0. The molecule has 0 bridgehead atoms. The van der Waals surface area contributed by atoms with Crippen molar-refractivity contribution < 1.29 is 98.6 Å². The molecule has 0 unspecified atom stereocenters. The van der Waals surface area contributed by atoms with Crippen LogP contribution < -0.4 is 16.0 Å². The molecular formula is C35H69N3O20. The standard InChI is InChI=1S/C35H69N3O20/c1-2-6-52-8-10-54-12-14-56-16-18-58-19-17-57-15-13-55-11-9-53-7-5-30(46)38-24(35(51)37-21-26(42)32(48)34(50)28(44)23-40)3-4-29(45)36-20-25(41)31(47)33(49)27(43)22-39/h24-28,31-34,39-44,47-50H,2-23H2,1H3,(H,36,45)(H,37,51)(H,38,46)/t24-,25-,26-,27+,28+,31+,32+,33+,34+/m0/s1. The molecule has 3 amide bonds. The number of carbonyl (C=O) groups is 3. The summed E-state index contributed by atoms with van der Waals surface area (Å²) >= 11 is 0. The highest BCUT2D eigenvalue weighted by atomic mass is 16.6. The molecule has 0 aliphatic rings. The Hall–Kier alpha value is -2.27. The van der Waals surface area contributed by atoms with Crippen molar-refractivity contribution in [1.29, 1.82) is 0 Å². The van der Waals surface area contributed by atoms with Gasteiger partial charge in [-0.25, -0.2) is 0 Å². The largest absolute Gasteiger partial charge is 0.394 e. The molecule has 0 fully saturated rings. The summed E-state index contributed by atoms with van der Waals surface area (Å²) in [6.45, 7) is 4.31. The molecule has 344 valence electrons. The van der Waals surface area contributed by atoms with E-state index in [-0.39, 0.29) is 32.7 Å². The smallest absolute Gasteiger partial charge is 0.242 e. The van der Waals surface area contributed by atoms with E-state index in [2.05, 4.69) is 16.0 Å². The van der Waals surface area contributed by atoms with Crippen LogP contribution in [-0.4, -0.2) is 242 Å². The van der Waals surface area contributed by atoms with Crippen molar-refractivity contribution in [2.45, 2.75) is 87.5 Å². The number of carbonyl (C=O) groups excluding carboxylic acids is 3. The van der Waals surface area contributed by atoms with Gasteiger partial charge in [-0.05, 0) is 12.8 Å². The number of hydrogen-bond acceptors (Lipinski definition) is 20. The Morgan fingerprint density at radius 1 is 0.448 bits per heavy atom. The zero-order valence-electron chi connectivity index (χ0n) is 33.3. The van der Waals surface area contributed by atoms with E-state index in [1.165, 1.54) is 0 Å². The zero-order valence-corrected chi connectivity index (χ0v) is 33.3. The minimum Gasteiger partial charge on any atom is -0.394 e. The molecule has 0 aromatic carbocycles. The van der Waals surface area contributed by atoms with Gasteiger partial charge in [0, 0.05) is 32.5 Å². The van der Waals surface area contributed by atoms with Gasteiger partial charge < -0.3 is 100 Å². The van der Waals surface area contributed by atoms with E-state index in [0.29, 0.717) is 66.1 Å². The zero-order chi connectivity index (χ0) is 43.6. The van der Waals surface area contributed by atoms with Gasteiger partial charge in [-0.2, -0.15) is 0 Å². The maximum Gasteiger partial charge on any atom is 0.242 e. The second kappa shape index (κ2) is 36.6. The lowest BCUT2D eigenvalue weighted by molar-refractivity contribution is -0.132. The molecule has 23 nitrogen and oxygen atoms in total. The fourth-order valence-corrected chi connectivity index (χ4v) is 4.54. The van der Waals surface area contributed by atoms with Crippen LogP contribution in [0.15, 0.2) is 0 Å². The number of nitrogens with one attached hydrogen (secondary N) is 3. The van der Waals surface area contributed by atoms with Gasteiger partial charge in [-0.3, -0.25) is 14.4 Å². The summed E-state index contributed by atoms with van der Waals surface area (Å²) in [5.74, 6) is -2.31. The highest BCUT2D eigenvalue weighted by molar-refractivity contribution is 5.88. The van der Waals surface area contributed by atoms with Crippen LogP contribution in [0.25, 0.3) is 0 Å². The van der Waals surface area contributed by atoms with Crippen LogP contribution in [0, 0.1) is 0 Å². The van der Waals surface area contributed by atoms with Crippen molar-refractivity contribution in [2.75, 3.05) is 119 Å². The maximum absolute atomic E-state index is 12.9. The first-order chi connectivity index (χ1) is 27.8. The first kappa shape index (κ1) is 55.7. The Morgan fingerprint density at radius 2 is 0.793 bits per heavy atom. The van der Waals surface area contributed by atoms with E-state index in [1.54, 1.807) is 0 Å². The highest BCUT2D eigenvalue weighted by Crippen LogP contribution is 2.07. The van der Waals surface area contributed by atoms with Crippen LogP contribution in [-0.2, 0) is 47.5 Å². The van der Waals surface area contributed by atoms with Crippen LogP contribution in [0.3, 0.4) is 0 Å². The Morgan fingerprint density at radius 3 is 1.17 bits per heavy atom. The van der Waals surface area contributed by atoms with Gasteiger partial charge in [0.1, 0.15) is 42.7 Å². The number of hydrogen-bond donors (Lipinski definition) is 13. The molecule has 0 rings (SSSR count). The van der Waals surface area contributed by atoms with Crippen LogP contribution >= 0.6 is 0 Å². The van der Waals surface area contributed by atoms with Gasteiger partial charge in [0.25, 0.3) is 0 Å². The molecule has 13 N–H and O–H groups in total. The third kappa shape index (κ3) is 28.2. The molecule has 0 aromatic heterocycles. The van der Waals surface area contributed by atoms with Crippen molar-refractivity contribution in [3.05, 3.63) is 0 Å². The van der Waals surface area contributed by atoms with E-state index in [0.717, 1.165) is 13.0 Å². The number of amides is 3. The monoisotopic (exact) mass is 851 g/mol. The van der Waals surface area contributed by atoms with Gasteiger partial charge >= 0.3 is 0 Å². The van der Waals surface area contributed by atoms with Crippen molar-refractivity contribution >= 4 is 17.7 Å². The molecule has 23 heteroatoms. The molecule has 0 heterocycles. The van der Waals surface area contributed by atoms with Crippen LogP contribution in [0.4, 0.5) is 0 Å². The molecule has 0 aliphatic carbocycles. The van der Waals surface area contributed by atoms with E-state index in [1.807, 2.05) is 6.92 Å². The second-order valence-electron chi connectivity index (χ2n) is 12.8. The number of aliphatic hydroxyl groups is 10. The van der Waals surface area contributed by atoms with E-state index >= 15 is 0 Å². The molecule has 0 aliphatic heterocycles. The number of rotatable bonds is 40.